The second kappa shape index (κ2) is 6.23. The summed E-state index contributed by atoms with van der Waals surface area (Å²) in [7, 11) is 3.54. The van der Waals surface area contributed by atoms with Crippen molar-refractivity contribution in [2.45, 2.75) is 25.2 Å². The zero-order chi connectivity index (χ0) is 15.6. The quantitative estimate of drug-likeness (QED) is 0.795. The third kappa shape index (κ3) is 2.18. The smallest absolute Gasteiger partial charge is 0.0681 e. The molecular weight excluding hydrogens is 272 g/mol. The zero-order valence-electron chi connectivity index (χ0n) is 13.7. The average Bonchev–Trinajstić information content (AvgIpc) is 2.81. The molecular formula is C20H24O2. The normalized spacial score (nSPS) is 14.7. The summed E-state index contributed by atoms with van der Waals surface area (Å²) in [5, 5.41) is 0. The van der Waals surface area contributed by atoms with Crippen LogP contribution in [0.4, 0.5) is 0 Å². The van der Waals surface area contributed by atoms with Crippen LogP contribution >= 0.6 is 0 Å². The lowest BCUT2D eigenvalue weighted by atomic mass is 9.79. The van der Waals surface area contributed by atoms with Crippen molar-refractivity contribution in [1.82, 2.24) is 0 Å². The van der Waals surface area contributed by atoms with Gasteiger partial charge in [-0.25, -0.2) is 0 Å². The van der Waals surface area contributed by atoms with Gasteiger partial charge in [-0.3, -0.25) is 0 Å². The number of ether oxygens (including phenoxy) is 2. The molecule has 0 fully saturated rings. The van der Waals surface area contributed by atoms with Crippen molar-refractivity contribution in [2.75, 3.05) is 27.4 Å². The first kappa shape index (κ1) is 15.3. The van der Waals surface area contributed by atoms with Crippen LogP contribution in [-0.2, 0) is 21.3 Å². The van der Waals surface area contributed by atoms with Crippen LogP contribution in [0, 0.1) is 0 Å². The SMILES string of the molecule is CCCc1cccc2c1-c1ccccc1C2(COC)COC. The van der Waals surface area contributed by atoms with Crippen molar-refractivity contribution in [3.63, 3.8) is 0 Å². The Labute approximate surface area is 133 Å². The molecule has 0 amide bonds. The summed E-state index contributed by atoms with van der Waals surface area (Å²) < 4.78 is 11.2. The molecule has 2 aromatic rings. The van der Waals surface area contributed by atoms with Crippen molar-refractivity contribution < 1.29 is 9.47 Å². The molecule has 0 spiro atoms. The van der Waals surface area contributed by atoms with E-state index < -0.39 is 0 Å². The van der Waals surface area contributed by atoms with Crippen LogP contribution < -0.4 is 0 Å². The Kier molecular flexibility index (Phi) is 4.32. The fourth-order valence-corrected chi connectivity index (χ4v) is 3.90. The van der Waals surface area contributed by atoms with Gasteiger partial charge in [-0.15, -0.1) is 0 Å². The predicted molar refractivity (Wildman–Crippen MR) is 90.4 cm³/mol. The highest BCUT2D eigenvalue weighted by Gasteiger charge is 2.44. The molecule has 2 nitrogen and oxygen atoms in total. The summed E-state index contributed by atoms with van der Waals surface area (Å²) in [5.41, 5.74) is 6.66. The fourth-order valence-electron chi connectivity index (χ4n) is 3.90. The molecule has 0 heterocycles. The van der Waals surface area contributed by atoms with E-state index in [0.29, 0.717) is 13.2 Å². The third-order valence-electron chi connectivity index (χ3n) is 4.68. The Hall–Kier alpha value is -1.64. The summed E-state index contributed by atoms with van der Waals surface area (Å²) >= 11 is 0. The topological polar surface area (TPSA) is 18.5 Å². The van der Waals surface area contributed by atoms with E-state index in [1.54, 1.807) is 14.2 Å². The number of hydrogen-bond acceptors (Lipinski definition) is 2. The van der Waals surface area contributed by atoms with E-state index in [4.69, 9.17) is 9.47 Å². The highest BCUT2D eigenvalue weighted by Crippen LogP contribution is 2.50. The number of methoxy groups -OCH3 is 2. The molecule has 0 bridgehead atoms. The molecule has 2 aromatic carbocycles. The van der Waals surface area contributed by atoms with E-state index in [1.807, 2.05) is 0 Å². The molecule has 0 aromatic heterocycles. The van der Waals surface area contributed by atoms with Crippen molar-refractivity contribution >= 4 is 0 Å². The number of aryl methyl sites for hydroxylation is 1. The average molecular weight is 296 g/mol. The van der Waals surface area contributed by atoms with Gasteiger partial charge in [-0.05, 0) is 34.2 Å². The van der Waals surface area contributed by atoms with Crippen molar-refractivity contribution in [3.05, 3.63) is 59.2 Å². The van der Waals surface area contributed by atoms with Crippen LogP contribution in [0.3, 0.4) is 0 Å². The summed E-state index contributed by atoms with van der Waals surface area (Å²) in [6.45, 7) is 3.51. The van der Waals surface area contributed by atoms with Crippen LogP contribution in [0.25, 0.3) is 11.1 Å². The predicted octanol–water partition coefficient (Wildman–Crippen LogP) is 4.20. The number of benzene rings is 2. The third-order valence-corrected chi connectivity index (χ3v) is 4.68. The largest absolute Gasteiger partial charge is 0.383 e. The Morgan fingerprint density at radius 2 is 1.55 bits per heavy atom. The second-order valence-electron chi connectivity index (χ2n) is 6.08. The van der Waals surface area contributed by atoms with Gasteiger partial charge < -0.3 is 9.47 Å². The Bertz CT molecular complexity index is 655. The first-order chi connectivity index (χ1) is 10.8. The van der Waals surface area contributed by atoms with Gasteiger partial charge in [0.1, 0.15) is 0 Å². The van der Waals surface area contributed by atoms with Gasteiger partial charge in [-0.1, -0.05) is 55.8 Å². The lowest BCUT2D eigenvalue weighted by molar-refractivity contribution is 0.0814. The first-order valence-corrected chi connectivity index (χ1v) is 7.98. The van der Waals surface area contributed by atoms with Crippen LogP contribution in [-0.4, -0.2) is 27.4 Å². The molecule has 0 saturated carbocycles. The van der Waals surface area contributed by atoms with Crippen molar-refractivity contribution in [2.24, 2.45) is 0 Å². The van der Waals surface area contributed by atoms with Gasteiger partial charge in [0, 0.05) is 14.2 Å². The van der Waals surface area contributed by atoms with Crippen LogP contribution in [0.5, 0.6) is 0 Å². The van der Waals surface area contributed by atoms with Gasteiger partial charge in [0.15, 0.2) is 0 Å². The molecule has 3 rings (SSSR count). The maximum atomic E-state index is 5.62. The first-order valence-electron chi connectivity index (χ1n) is 7.98. The minimum Gasteiger partial charge on any atom is -0.383 e. The van der Waals surface area contributed by atoms with E-state index in [9.17, 15) is 0 Å². The second-order valence-corrected chi connectivity index (χ2v) is 6.08. The summed E-state index contributed by atoms with van der Waals surface area (Å²) in [4.78, 5) is 0. The van der Waals surface area contributed by atoms with Gasteiger partial charge >= 0.3 is 0 Å². The molecule has 0 N–H and O–H groups in total. The molecule has 0 saturated heterocycles. The number of rotatable bonds is 6. The molecule has 0 radical (unpaired) electrons. The minimum atomic E-state index is -0.195. The van der Waals surface area contributed by atoms with Crippen molar-refractivity contribution in [1.29, 1.82) is 0 Å². The lowest BCUT2D eigenvalue weighted by Gasteiger charge is -2.30. The van der Waals surface area contributed by atoms with E-state index >= 15 is 0 Å². The maximum Gasteiger partial charge on any atom is 0.0681 e. The van der Waals surface area contributed by atoms with Gasteiger partial charge in [0.2, 0.25) is 0 Å². The minimum absolute atomic E-state index is 0.195. The Balaban J connectivity index is 2.29. The van der Waals surface area contributed by atoms with E-state index in [1.165, 1.54) is 27.8 Å². The van der Waals surface area contributed by atoms with E-state index in [-0.39, 0.29) is 5.41 Å². The maximum absolute atomic E-state index is 5.62. The molecule has 2 heteroatoms. The Morgan fingerprint density at radius 3 is 2.23 bits per heavy atom. The van der Waals surface area contributed by atoms with Crippen LogP contribution in [0.1, 0.15) is 30.0 Å². The van der Waals surface area contributed by atoms with Crippen molar-refractivity contribution in [3.8, 4) is 11.1 Å². The molecule has 1 aliphatic rings. The van der Waals surface area contributed by atoms with Crippen LogP contribution in [0.15, 0.2) is 42.5 Å². The zero-order valence-corrected chi connectivity index (χ0v) is 13.7. The fraction of sp³-hybridized carbons (Fsp3) is 0.400. The Morgan fingerprint density at radius 1 is 0.864 bits per heavy atom. The molecule has 22 heavy (non-hydrogen) atoms. The summed E-state index contributed by atoms with van der Waals surface area (Å²) in [6, 6.07) is 15.4. The standard InChI is InChI=1S/C20H24O2/c1-4-8-15-9-7-12-18-19(15)16-10-5-6-11-17(16)20(18,13-21-2)14-22-3/h5-7,9-12H,4,8,13-14H2,1-3H3. The molecule has 0 aliphatic heterocycles. The number of hydrogen-bond donors (Lipinski definition) is 0. The lowest BCUT2D eigenvalue weighted by Crippen LogP contribution is -2.35. The summed E-state index contributed by atoms with van der Waals surface area (Å²) in [5.74, 6) is 0. The molecule has 0 atom stereocenters. The monoisotopic (exact) mass is 296 g/mol. The molecule has 1 aliphatic carbocycles. The number of fused-ring (bicyclic) bond motifs is 3. The highest BCUT2D eigenvalue weighted by atomic mass is 16.5. The van der Waals surface area contributed by atoms with E-state index in [2.05, 4.69) is 49.4 Å². The highest BCUT2D eigenvalue weighted by molar-refractivity contribution is 5.83. The molecule has 0 unspecified atom stereocenters. The summed E-state index contributed by atoms with van der Waals surface area (Å²) in [6.07, 6.45) is 2.26. The van der Waals surface area contributed by atoms with Crippen LogP contribution in [0.2, 0.25) is 0 Å². The van der Waals surface area contributed by atoms with Gasteiger partial charge in [0.25, 0.3) is 0 Å². The molecule has 116 valence electrons. The van der Waals surface area contributed by atoms with Gasteiger partial charge in [0.05, 0.1) is 18.6 Å². The van der Waals surface area contributed by atoms with E-state index in [0.717, 1.165) is 12.8 Å². The van der Waals surface area contributed by atoms with Gasteiger partial charge in [-0.2, -0.15) is 0 Å².